The molecule has 2 aromatic rings. The number of benzene rings is 2. The second-order valence-electron chi connectivity index (χ2n) is 18.0. The summed E-state index contributed by atoms with van der Waals surface area (Å²) in [6.45, 7) is 41.1. The Bertz CT molecular complexity index is 1110. The molecule has 0 spiro atoms. The van der Waals surface area contributed by atoms with Gasteiger partial charge >= 0.3 is 17.6 Å². The molecule has 0 heterocycles. The second kappa shape index (κ2) is 13.7. The van der Waals surface area contributed by atoms with E-state index in [1.807, 2.05) is 125 Å². The Labute approximate surface area is 283 Å². The Balaban J connectivity index is 2.58. The summed E-state index contributed by atoms with van der Waals surface area (Å²) < 4.78 is 40.4. The molecule has 0 N–H and O–H groups in total. The highest BCUT2D eigenvalue weighted by Gasteiger charge is 2.53. The van der Waals surface area contributed by atoms with Crippen LogP contribution in [-0.2, 0) is 26.6 Å². The van der Waals surface area contributed by atoms with Crippen molar-refractivity contribution in [2.75, 3.05) is 0 Å². The van der Waals surface area contributed by atoms with E-state index in [-0.39, 0.29) is 0 Å². The van der Waals surface area contributed by atoms with E-state index in [1.54, 1.807) is 0 Å². The maximum absolute atomic E-state index is 6.74. The molecule has 0 atom stereocenters. The summed E-state index contributed by atoms with van der Waals surface area (Å²) in [7, 11) is -6.74. The molecular formula is C38H64O6Si2. The van der Waals surface area contributed by atoms with Gasteiger partial charge in [0, 0.05) is 10.4 Å². The van der Waals surface area contributed by atoms with Crippen molar-refractivity contribution in [1.82, 2.24) is 0 Å². The maximum atomic E-state index is 6.74. The number of hydrogen-bond acceptors (Lipinski definition) is 6. The summed E-state index contributed by atoms with van der Waals surface area (Å²) in [5.74, 6) is 0. The SMILES string of the molecule is C=C(c1ccc([Si](OC(C)(C)C)(OC(C)(C)C)OC(C)(C)C)cc1)c1ccc([Si](OC(C)(C)C)(OC(C)(C)C)OC(C)(C)C)cc1. The van der Waals surface area contributed by atoms with Crippen LogP contribution in [0.3, 0.4) is 0 Å². The first kappa shape index (κ1) is 40.5. The van der Waals surface area contributed by atoms with E-state index in [0.29, 0.717) is 0 Å². The Morgan fingerprint density at radius 3 is 0.696 bits per heavy atom. The summed E-state index contributed by atoms with van der Waals surface area (Å²) >= 11 is 0. The minimum atomic E-state index is -3.37. The van der Waals surface area contributed by atoms with Gasteiger partial charge in [0.25, 0.3) is 0 Å². The first-order chi connectivity index (χ1) is 20.3. The lowest BCUT2D eigenvalue weighted by Crippen LogP contribution is -2.64. The molecule has 0 aliphatic rings. The largest absolute Gasteiger partial charge is 0.538 e. The van der Waals surface area contributed by atoms with Crippen LogP contribution in [-0.4, -0.2) is 51.2 Å². The lowest BCUT2D eigenvalue weighted by atomic mass is 10.00. The molecule has 0 radical (unpaired) electrons. The third-order valence-corrected chi connectivity index (χ3v) is 13.2. The van der Waals surface area contributed by atoms with E-state index < -0.39 is 51.2 Å². The van der Waals surface area contributed by atoms with Crippen molar-refractivity contribution in [1.29, 1.82) is 0 Å². The van der Waals surface area contributed by atoms with Crippen LogP contribution in [0, 0.1) is 0 Å². The first-order valence-electron chi connectivity index (χ1n) is 16.4. The van der Waals surface area contributed by atoms with Crippen molar-refractivity contribution < 1.29 is 26.6 Å². The van der Waals surface area contributed by atoms with Crippen LogP contribution in [0.15, 0.2) is 55.1 Å². The van der Waals surface area contributed by atoms with Gasteiger partial charge in [-0.3, -0.25) is 0 Å². The average Bonchev–Trinajstić information content (AvgIpc) is 2.77. The molecule has 0 aliphatic heterocycles. The third-order valence-electron chi connectivity index (χ3n) is 5.82. The molecule has 0 unspecified atom stereocenters. The van der Waals surface area contributed by atoms with E-state index in [0.717, 1.165) is 27.1 Å². The lowest BCUT2D eigenvalue weighted by Gasteiger charge is -2.43. The van der Waals surface area contributed by atoms with Crippen molar-refractivity contribution in [3.8, 4) is 0 Å². The summed E-state index contributed by atoms with van der Waals surface area (Å²) in [6, 6.07) is 16.5. The Morgan fingerprint density at radius 1 is 0.370 bits per heavy atom. The number of rotatable bonds is 10. The van der Waals surface area contributed by atoms with E-state index in [4.69, 9.17) is 26.6 Å². The number of hydrogen-bond donors (Lipinski definition) is 0. The van der Waals surface area contributed by atoms with Crippen LogP contribution < -0.4 is 10.4 Å². The van der Waals surface area contributed by atoms with Crippen LogP contribution in [0.25, 0.3) is 5.57 Å². The quantitative estimate of drug-likeness (QED) is 0.235. The average molecular weight is 673 g/mol. The van der Waals surface area contributed by atoms with Gasteiger partial charge in [-0.25, -0.2) is 0 Å². The fraction of sp³-hybridized carbons (Fsp3) is 0.632. The van der Waals surface area contributed by atoms with Crippen molar-refractivity contribution in [3.63, 3.8) is 0 Å². The molecule has 2 aromatic carbocycles. The van der Waals surface area contributed by atoms with Crippen LogP contribution in [0.1, 0.15) is 136 Å². The molecule has 0 saturated carbocycles. The van der Waals surface area contributed by atoms with Gasteiger partial charge in [-0.2, -0.15) is 0 Å². The molecule has 0 saturated heterocycles. The Hall–Kier alpha value is -1.63. The topological polar surface area (TPSA) is 55.4 Å². The van der Waals surface area contributed by atoms with E-state index in [1.165, 1.54) is 0 Å². The highest BCUT2D eigenvalue weighted by molar-refractivity contribution is 6.76. The minimum absolute atomic E-state index is 0.477. The van der Waals surface area contributed by atoms with Gasteiger partial charge in [0.05, 0.1) is 33.6 Å². The zero-order valence-electron chi connectivity index (χ0n) is 32.3. The molecule has 6 nitrogen and oxygen atoms in total. The van der Waals surface area contributed by atoms with Gasteiger partial charge in [0.1, 0.15) is 0 Å². The van der Waals surface area contributed by atoms with Gasteiger partial charge in [0.2, 0.25) is 0 Å². The lowest BCUT2D eigenvalue weighted by molar-refractivity contribution is -0.0671. The Morgan fingerprint density at radius 2 is 0.543 bits per heavy atom. The highest BCUT2D eigenvalue weighted by Crippen LogP contribution is 2.32. The molecule has 46 heavy (non-hydrogen) atoms. The van der Waals surface area contributed by atoms with E-state index in [9.17, 15) is 0 Å². The fourth-order valence-electron chi connectivity index (χ4n) is 4.81. The molecular weight excluding hydrogens is 609 g/mol. The normalized spacial score (nSPS) is 14.5. The maximum Gasteiger partial charge on any atom is 0.538 e. The molecule has 0 bridgehead atoms. The van der Waals surface area contributed by atoms with Crippen LogP contribution >= 0.6 is 0 Å². The van der Waals surface area contributed by atoms with Crippen LogP contribution in [0.5, 0.6) is 0 Å². The predicted octanol–water partition coefficient (Wildman–Crippen LogP) is 8.93. The summed E-state index contributed by atoms with van der Waals surface area (Å²) in [4.78, 5) is 0. The smallest absolute Gasteiger partial charge is 0.365 e. The standard InChI is InChI=1S/C38H64O6Si2/c1-28(29-20-24-31(25-21-29)45(39-33(2,3)4,40-34(5,6)7)41-35(8,9)10)30-22-26-32(27-23-30)46(42-36(11,12)13,43-37(14,15)16)44-38(17,18)19/h20-27H,1H2,2-19H3. The summed E-state index contributed by atoms with van der Waals surface area (Å²) in [5.41, 5.74) is 0.0226. The van der Waals surface area contributed by atoms with Crippen LogP contribution in [0.4, 0.5) is 0 Å². The van der Waals surface area contributed by atoms with Gasteiger partial charge < -0.3 is 26.6 Å². The van der Waals surface area contributed by atoms with Crippen molar-refractivity contribution in [3.05, 3.63) is 66.2 Å². The molecule has 0 fully saturated rings. The van der Waals surface area contributed by atoms with Gasteiger partial charge in [-0.05, 0) is 141 Å². The predicted molar refractivity (Wildman–Crippen MR) is 197 cm³/mol. The van der Waals surface area contributed by atoms with Crippen molar-refractivity contribution in [2.24, 2.45) is 0 Å². The molecule has 0 aromatic heterocycles. The zero-order chi connectivity index (χ0) is 35.8. The summed E-state index contributed by atoms with van der Waals surface area (Å²) in [6.07, 6.45) is 0. The third kappa shape index (κ3) is 13.1. The molecule has 8 heteroatoms. The van der Waals surface area contributed by atoms with Gasteiger partial charge in [-0.15, -0.1) is 0 Å². The van der Waals surface area contributed by atoms with E-state index in [2.05, 4.69) is 55.1 Å². The molecule has 2 rings (SSSR count). The zero-order valence-corrected chi connectivity index (χ0v) is 34.3. The van der Waals surface area contributed by atoms with Gasteiger partial charge in [-0.1, -0.05) is 55.1 Å². The van der Waals surface area contributed by atoms with Crippen LogP contribution in [0.2, 0.25) is 0 Å². The van der Waals surface area contributed by atoms with Crippen molar-refractivity contribution >= 4 is 33.6 Å². The minimum Gasteiger partial charge on any atom is -0.365 e. The fourth-order valence-corrected chi connectivity index (χ4v) is 11.8. The van der Waals surface area contributed by atoms with Gasteiger partial charge in [0.15, 0.2) is 0 Å². The second-order valence-corrected chi connectivity index (χ2v) is 22.6. The monoisotopic (exact) mass is 672 g/mol. The van der Waals surface area contributed by atoms with Crippen molar-refractivity contribution in [2.45, 2.75) is 158 Å². The van der Waals surface area contributed by atoms with E-state index >= 15 is 0 Å². The first-order valence-corrected chi connectivity index (χ1v) is 19.9. The molecule has 0 amide bonds. The summed E-state index contributed by atoms with van der Waals surface area (Å²) in [5, 5.41) is 1.82. The molecule has 0 aliphatic carbocycles. The highest BCUT2D eigenvalue weighted by atomic mass is 28.4. The molecule has 260 valence electrons. The Kier molecular flexibility index (Phi) is 12.1.